The summed E-state index contributed by atoms with van der Waals surface area (Å²) < 4.78 is 5.50. The van der Waals surface area contributed by atoms with Crippen LogP contribution in [0, 0.1) is 17.3 Å². The predicted octanol–water partition coefficient (Wildman–Crippen LogP) is 7.85. The first-order chi connectivity index (χ1) is 23.7. The van der Waals surface area contributed by atoms with Crippen LogP contribution in [0.15, 0.2) is 60.7 Å². The van der Waals surface area contributed by atoms with Gasteiger partial charge in [-0.3, -0.25) is 9.59 Å². The highest BCUT2D eigenvalue weighted by Crippen LogP contribution is 2.59. The number of anilines is 2. The summed E-state index contributed by atoms with van der Waals surface area (Å²) in [5, 5.41) is 27.2. The van der Waals surface area contributed by atoms with Crippen LogP contribution in [-0.4, -0.2) is 60.3 Å². The first-order valence-corrected chi connectivity index (χ1v) is 18.0. The third-order valence-corrected chi connectivity index (χ3v) is 11.4. The number of benzene rings is 3. The molecule has 3 aliphatic rings. The number of carboxylic acid groups (broad SMARTS) is 2. The van der Waals surface area contributed by atoms with E-state index in [1.165, 1.54) is 19.2 Å². The first kappa shape index (κ1) is 36.0. The Morgan fingerprint density at radius 1 is 1.00 bits per heavy atom. The molecule has 2 heterocycles. The van der Waals surface area contributed by atoms with Crippen molar-refractivity contribution in [2.45, 2.75) is 76.3 Å². The second-order valence-electron chi connectivity index (χ2n) is 15.3. The molecule has 2 fully saturated rings. The number of aliphatic carboxylic acids is 1. The molecule has 1 aliphatic carbocycles. The molecule has 1 saturated heterocycles. The van der Waals surface area contributed by atoms with E-state index in [-0.39, 0.29) is 34.6 Å². The van der Waals surface area contributed by atoms with E-state index in [0.717, 1.165) is 42.6 Å². The van der Waals surface area contributed by atoms with Crippen LogP contribution in [0.4, 0.5) is 11.4 Å². The Labute approximate surface area is 303 Å². The van der Waals surface area contributed by atoms with E-state index in [0.29, 0.717) is 41.0 Å². The van der Waals surface area contributed by atoms with Crippen LogP contribution in [0.5, 0.6) is 5.75 Å². The summed E-state index contributed by atoms with van der Waals surface area (Å²) in [4.78, 5) is 40.4. The number of hydrogen-bond donors (Lipinski definition) is 4. The van der Waals surface area contributed by atoms with Gasteiger partial charge in [0.05, 0.1) is 30.3 Å². The smallest absolute Gasteiger partial charge is 0.335 e. The minimum absolute atomic E-state index is 0.0490. The molecular formula is C39H45Cl2N3O6. The van der Waals surface area contributed by atoms with Crippen LogP contribution in [0.1, 0.15) is 80.3 Å². The maximum absolute atomic E-state index is 14.6. The lowest BCUT2D eigenvalue weighted by Gasteiger charge is -2.41. The first-order valence-electron chi connectivity index (χ1n) is 17.2. The van der Waals surface area contributed by atoms with Gasteiger partial charge in [-0.15, -0.1) is 0 Å². The highest BCUT2D eigenvalue weighted by atomic mass is 35.5. The van der Waals surface area contributed by atoms with Crippen molar-refractivity contribution in [3.05, 3.63) is 87.4 Å². The fourth-order valence-corrected chi connectivity index (χ4v) is 9.08. The number of fused-ring (bicyclic) bond motifs is 2. The van der Waals surface area contributed by atoms with Crippen LogP contribution in [0.3, 0.4) is 0 Å². The Morgan fingerprint density at radius 3 is 2.36 bits per heavy atom. The second kappa shape index (κ2) is 14.1. The Kier molecular flexibility index (Phi) is 10.1. The molecule has 0 radical (unpaired) electrons. The van der Waals surface area contributed by atoms with Crippen LogP contribution >= 0.6 is 23.2 Å². The molecule has 4 atom stereocenters. The lowest BCUT2D eigenvalue weighted by atomic mass is 9.63. The van der Waals surface area contributed by atoms with Crippen LogP contribution in [0.2, 0.25) is 10.0 Å². The molecule has 3 aromatic carbocycles. The zero-order chi connectivity index (χ0) is 36.0. The molecule has 2 aliphatic heterocycles. The van der Waals surface area contributed by atoms with Gasteiger partial charge in [-0.25, -0.2) is 4.79 Å². The largest absolute Gasteiger partial charge is 0.495 e. The highest BCUT2D eigenvalue weighted by Gasteiger charge is 2.63. The van der Waals surface area contributed by atoms with Crippen molar-refractivity contribution in [3.63, 3.8) is 0 Å². The number of amides is 1. The number of aromatic carboxylic acids is 1. The zero-order valence-electron chi connectivity index (χ0n) is 28.8. The third kappa shape index (κ3) is 6.92. The molecule has 11 heteroatoms. The van der Waals surface area contributed by atoms with Gasteiger partial charge in [0.1, 0.15) is 5.75 Å². The number of nitrogens with zero attached hydrogens (tertiary/aromatic N) is 1. The van der Waals surface area contributed by atoms with Crippen LogP contribution in [0.25, 0.3) is 0 Å². The molecule has 0 aromatic heterocycles. The number of hydrogen-bond acceptors (Lipinski definition) is 6. The highest BCUT2D eigenvalue weighted by molar-refractivity contribution is 6.31. The van der Waals surface area contributed by atoms with Crippen molar-refractivity contribution in [2.24, 2.45) is 17.3 Å². The number of halogens is 2. The van der Waals surface area contributed by atoms with Crippen molar-refractivity contribution >= 4 is 52.4 Å². The average molecular weight is 723 g/mol. The number of carbonyl (C=O) groups excluding carboxylic acids is 1. The Balaban J connectivity index is 1.46. The maximum atomic E-state index is 14.6. The molecule has 6 rings (SSSR count). The van der Waals surface area contributed by atoms with Gasteiger partial charge in [-0.1, -0.05) is 62.2 Å². The van der Waals surface area contributed by atoms with Gasteiger partial charge in [-0.05, 0) is 97.0 Å². The standard InChI is InChI=1S/C39H45Cl2N3O6/c1-38(2,3)19-32-39(21-44(30-16-14-25(40)18-27(30)39)20-22-9-11-23(12-10-22)36(46)47)33(26-7-5-6-8-28(26)41)34(43-32)35(45)42-29-15-13-24(37(48)49)17-31(29)50-4/h5-8,13-18,22-23,32-34,43H,9-12,19-21H2,1-4H3,(H,42,45)(H,46,47)(H,48,49)/t22-,23-,32-,33-,34+,39-/m0/s1. The molecule has 3 aromatic rings. The van der Waals surface area contributed by atoms with Crippen molar-refractivity contribution < 1.29 is 29.3 Å². The molecule has 9 nitrogen and oxygen atoms in total. The SMILES string of the molecule is COc1cc(C(=O)O)ccc1NC(=O)[C@@H]1N[C@@H](CC(C)(C)C)[C@@]2(CN(C[C@H]3CC[C@H](C(=O)O)CC3)c3ccc(Cl)cc32)[C@H]1c1ccccc1Cl. The van der Waals surface area contributed by atoms with Gasteiger partial charge in [0.2, 0.25) is 5.91 Å². The fourth-order valence-electron chi connectivity index (χ4n) is 8.65. The van der Waals surface area contributed by atoms with Crippen molar-refractivity contribution in [3.8, 4) is 5.75 Å². The molecule has 1 saturated carbocycles. The van der Waals surface area contributed by atoms with Crippen LogP contribution < -0.4 is 20.3 Å². The molecule has 266 valence electrons. The third-order valence-electron chi connectivity index (χ3n) is 10.9. The lowest BCUT2D eigenvalue weighted by Crippen LogP contribution is -2.48. The summed E-state index contributed by atoms with van der Waals surface area (Å²) in [7, 11) is 1.44. The van der Waals surface area contributed by atoms with E-state index in [1.54, 1.807) is 6.07 Å². The van der Waals surface area contributed by atoms with Gasteiger partial charge in [0.15, 0.2) is 0 Å². The van der Waals surface area contributed by atoms with Gasteiger partial charge >= 0.3 is 11.9 Å². The quantitative estimate of drug-likeness (QED) is 0.176. The fraction of sp³-hybridized carbons (Fsp3) is 0.462. The maximum Gasteiger partial charge on any atom is 0.335 e. The van der Waals surface area contributed by atoms with E-state index >= 15 is 0 Å². The number of rotatable bonds is 9. The van der Waals surface area contributed by atoms with E-state index in [2.05, 4.69) is 42.4 Å². The van der Waals surface area contributed by atoms with E-state index in [9.17, 15) is 24.6 Å². The molecule has 0 unspecified atom stereocenters. The monoisotopic (exact) mass is 721 g/mol. The van der Waals surface area contributed by atoms with Gasteiger partial charge < -0.3 is 30.5 Å². The van der Waals surface area contributed by atoms with Crippen molar-refractivity contribution in [1.82, 2.24) is 5.32 Å². The molecular weight excluding hydrogens is 677 g/mol. The Morgan fingerprint density at radius 2 is 1.72 bits per heavy atom. The number of carbonyl (C=O) groups is 3. The normalized spacial score (nSPS) is 26.1. The average Bonchev–Trinajstić information content (AvgIpc) is 3.54. The van der Waals surface area contributed by atoms with Crippen LogP contribution in [-0.2, 0) is 15.0 Å². The number of nitrogens with one attached hydrogen (secondary N) is 2. The predicted molar refractivity (Wildman–Crippen MR) is 196 cm³/mol. The number of ether oxygens (including phenoxy) is 1. The summed E-state index contributed by atoms with van der Waals surface area (Å²) in [5.41, 5.74) is 2.65. The van der Waals surface area contributed by atoms with Gasteiger partial charge in [0.25, 0.3) is 0 Å². The molecule has 50 heavy (non-hydrogen) atoms. The molecule has 0 bridgehead atoms. The minimum Gasteiger partial charge on any atom is -0.495 e. The minimum atomic E-state index is -1.09. The summed E-state index contributed by atoms with van der Waals surface area (Å²) >= 11 is 13.8. The second-order valence-corrected chi connectivity index (χ2v) is 16.2. The summed E-state index contributed by atoms with van der Waals surface area (Å²) in [6.45, 7) is 7.97. The Hall–Kier alpha value is -3.79. The van der Waals surface area contributed by atoms with Crippen molar-refractivity contribution in [1.29, 1.82) is 0 Å². The number of methoxy groups -OCH3 is 1. The van der Waals surface area contributed by atoms with Crippen molar-refractivity contribution in [2.75, 3.05) is 30.4 Å². The van der Waals surface area contributed by atoms with Gasteiger partial charge in [-0.2, -0.15) is 0 Å². The summed E-state index contributed by atoms with van der Waals surface area (Å²) in [5.74, 6) is -2.23. The number of carboxylic acids is 2. The summed E-state index contributed by atoms with van der Waals surface area (Å²) in [6, 6.07) is 17.2. The van der Waals surface area contributed by atoms with Gasteiger partial charge in [0, 0.05) is 46.2 Å². The summed E-state index contributed by atoms with van der Waals surface area (Å²) in [6.07, 6.45) is 3.77. The topological polar surface area (TPSA) is 128 Å². The van der Waals surface area contributed by atoms with E-state index in [1.807, 2.05) is 36.4 Å². The lowest BCUT2D eigenvalue weighted by molar-refractivity contribution is -0.143. The molecule has 4 N–H and O–H groups in total. The molecule has 1 amide bonds. The van der Waals surface area contributed by atoms with E-state index in [4.69, 9.17) is 27.9 Å². The Bertz CT molecular complexity index is 1790. The molecule has 1 spiro atoms. The van der Waals surface area contributed by atoms with E-state index < -0.39 is 29.3 Å². The zero-order valence-corrected chi connectivity index (χ0v) is 30.4.